The van der Waals surface area contributed by atoms with Crippen LogP contribution in [0.25, 0.3) is 0 Å². The zero-order valence-corrected chi connectivity index (χ0v) is 14.5. The van der Waals surface area contributed by atoms with Crippen LogP contribution in [0.4, 0.5) is 5.69 Å². The Balaban J connectivity index is 1.51. The monoisotopic (exact) mass is 341 g/mol. The zero-order chi connectivity index (χ0) is 15.5. The van der Waals surface area contributed by atoms with Crippen molar-refractivity contribution in [1.29, 1.82) is 0 Å². The first-order valence-electron chi connectivity index (χ1n) is 8.30. The minimum absolute atomic E-state index is 0.443. The largest absolute Gasteiger partial charge is 0.368 e. The SMILES string of the molecule is NC1CCC(CN2CCN(c3cccc(Cl)c3Cl)CC2)CC1. The van der Waals surface area contributed by atoms with Gasteiger partial charge in [0.05, 0.1) is 15.7 Å². The summed E-state index contributed by atoms with van der Waals surface area (Å²) in [6.07, 6.45) is 4.98. The first-order chi connectivity index (χ1) is 10.6. The molecule has 122 valence electrons. The number of nitrogens with zero attached hydrogens (tertiary/aromatic N) is 2. The summed E-state index contributed by atoms with van der Waals surface area (Å²) in [7, 11) is 0. The van der Waals surface area contributed by atoms with E-state index in [4.69, 9.17) is 28.9 Å². The summed E-state index contributed by atoms with van der Waals surface area (Å²) >= 11 is 12.5. The molecule has 0 spiro atoms. The van der Waals surface area contributed by atoms with Gasteiger partial charge in [-0.1, -0.05) is 29.3 Å². The Hall–Kier alpha value is -0.480. The van der Waals surface area contributed by atoms with Crippen molar-refractivity contribution in [2.24, 2.45) is 11.7 Å². The van der Waals surface area contributed by atoms with Gasteiger partial charge in [0, 0.05) is 38.8 Å². The molecule has 3 rings (SSSR count). The Bertz CT molecular complexity index is 493. The van der Waals surface area contributed by atoms with E-state index in [1.807, 2.05) is 12.1 Å². The summed E-state index contributed by atoms with van der Waals surface area (Å²) < 4.78 is 0. The van der Waals surface area contributed by atoms with Crippen molar-refractivity contribution >= 4 is 28.9 Å². The van der Waals surface area contributed by atoms with E-state index in [9.17, 15) is 0 Å². The van der Waals surface area contributed by atoms with Crippen LogP contribution in [0.1, 0.15) is 25.7 Å². The highest BCUT2D eigenvalue weighted by atomic mass is 35.5. The van der Waals surface area contributed by atoms with Crippen LogP contribution in [0, 0.1) is 5.92 Å². The van der Waals surface area contributed by atoms with Gasteiger partial charge in [-0.2, -0.15) is 0 Å². The maximum atomic E-state index is 6.33. The first-order valence-corrected chi connectivity index (χ1v) is 9.06. The Morgan fingerprint density at radius 3 is 2.36 bits per heavy atom. The standard InChI is InChI=1S/C17H25Cl2N3/c18-15-2-1-3-16(17(15)19)22-10-8-21(9-11-22)12-13-4-6-14(20)7-5-13/h1-3,13-14H,4-12,20H2. The zero-order valence-electron chi connectivity index (χ0n) is 13.0. The van der Waals surface area contributed by atoms with E-state index in [1.165, 1.54) is 32.2 Å². The number of nitrogens with two attached hydrogens (primary N) is 1. The van der Waals surface area contributed by atoms with Crippen molar-refractivity contribution in [1.82, 2.24) is 4.90 Å². The second-order valence-corrected chi connectivity index (χ2v) is 7.43. The number of anilines is 1. The topological polar surface area (TPSA) is 32.5 Å². The summed E-state index contributed by atoms with van der Waals surface area (Å²) in [6, 6.07) is 6.32. The normalized spacial score (nSPS) is 27.1. The molecule has 0 bridgehead atoms. The van der Waals surface area contributed by atoms with Crippen LogP contribution in [0.3, 0.4) is 0 Å². The lowest BCUT2D eigenvalue weighted by atomic mass is 9.86. The van der Waals surface area contributed by atoms with Crippen molar-refractivity contribution in [2.75, 3.05) is 37.6 Å². The first kappa shape index (κ1) is 16.4. The molecule has 1 saturated carbocycles. The minimum Gasteiger partial charge on any atom is -0.368 e. The molecule has 22 heavy (non-hydrogen) atoms. The van der Waals surface area contributed by atoms with Gasteiger partial charge >= 0.3 is 0 Å². The fourth-order valence-electron chi connectivity index (χ4n) is 3.64. The molecule has 3 nitrogen and oxygen atoms in total. The van der Waals surface area contributed by atoms with Gasteiger partial charge < -0.3 is 10.6 Å². The van der Waals surface area contributed by atoms with E-state index in [1.54, 1.807) is 0 Å². The lowest BCUT2D eigenvalue weighted by molar-refractivity contribution is 0.186. The quantitative estimate of drug-likeness (QED) is 0.910. The van der Waals surface area contributed by atoms with Crippen LogP contribution in [-0.4, -0.2) is 43.7 Å². The Morgan fingerprint density at radius 2 is 1.68 bits per heavy atom. The van der Waals surface area contributed by atoms with Gasteiger partial charge in [0.1, 0.15) is 0 Å². The lowest BCUT2D eigenvalue weighted by Crippen LogP contribution is -2.48. The summed E-state index contributed by atoms with van der Waals surface area (Å²) in [5, 5.41) is 1.32. The van der Waals surface area contributed by atoms with Gasteiger partial charge in [0.25, 0.3) is 0 Å². The number of hydrogen-bond acceptors (Lipinski definition) is 3. The van der Waals surface area contributed by atoms with Crippen LogP contribution >= 0.6 is 23.2 Å². The van der Waals surface area contributed by atoms with E-state index >= 15 is 0 Å². The third-order valence-electron chi connectivity index (χ3n) is 5.05. The summed E-state index contributed by atoms with van der Waals surface area (Å²) in [5.74, 6) is 0.834. The Labute approximate surface area is 143 Å². The number of halogens is 2. The smallest absolute Gasteiger partial charge is 0.0825 e. The number of hydrogen-bond donors (Lipinski definition) is 1. The molecular weight excluding hydrogens is 317 g/mol. The van der Waals surface area contributed by atoms with Crippen LogP contribution < -0.4 is 10.6 Å². The highest BCUT2D eigenvalue weighted by molar-refractivity contribution is 6.43. The van der Waals surface area contributed by atoms with Crippen LogP contribution in [0.15, 0.2) is 18.2 Å². The van der Waals surface area contributed by atoms with E-state index in [2.05, 4.69) is 15.9 Å². The predicted octanol–water partition coefficient (Wildman–Crippen LogP) is 3.63. The maximum Gasteiger partial charge on any atom is 0.0825 e. The van der Waals surface area contributed by atoms with Crippen LogP contribution in [0.5, 0.6) is 0 Å². The van der Waals surface area contributed by atoms with Gasteiger partial charge in [-0.3, -0.25) is 4.90 Å². The second kappa shape index (κ2) is 7.39. The van der Waals surface area contributed by atoms with Crippen molar-refractivity contribution in [3.05, 3.63) is 28.2 Å². The molecule has 1 aliphatic carbocycles. The third-order valence-corrected chi connectivity index (χ3v) is 5.86. The van der Waals surface area contributed by atoms with Crippen LogP contribution in [-0.2, 0) is 0 Å². The van der Waals surface area contributed by atoms with Crippen molar-refractivity contribution in [3.8, 4) is 0 Å². The number of piperazine rings is 1. The molecule has 1 aromatic rings. The number of rotatable bonds is 3. The third kappa shape index (κ3) is 3.88. The molecule has 1 aromatic carbocycles. The molecule has 2 aliphatic rings. The molecule has 5 heteroatoms. The van der Waals surface area contributed by atoms with Crippen molar-refractivity contribution in [3.63, 3.8) is 0 Å². The minimum atomic E-state index is 0.443. The average Bonchev–Trinajstić information content (AvgIpc) is 2.53. The van der Waals surface area contributed by atoms with E-state index < -0.39 is 0 Å². The molecule has 0 radical (unpaired) electrons. The number of benzene rings is 1. The van der Waals surface area contributed by atoms with Gasteiger partial charge in [0.15, 0.2) is 0 Å². The molecule has 0 amide bonds. The highest BCUT2D eigenvalue weighted by Crippen LogP contribution is 2.33. The van der Waals surface area contributed by atoms with Crippen molar-refractivity contribution in [2.45, 2.75) is 31.7 Å². The van der Waals surface area contributed by atoms with E-state index in [0.717, 1.165) is 37.8 Å². The molecular formula is C17H25Cl2N3. The Morgan fingerprint density at radius 1 is 1.00 bits per heavy atom. The Kier molecular flexibility index (Phi) is 5.50. The van der Waals surface area contributed by atoms with E-state index in [-0.39, 0.29) is 0 Å². The second-order valence-electron chi connectivity index (χ2n) is 6.64. The molecule has 0 unspecified atom stereocenters. The molecule has 0 aromatic heterocycles. The lowest BCUT2D eigenvalue weighted by Gasteiger charge is -2.39. The summed E-state index contributed by atoms with van der Waals surface area (Å²) in [4.78, 5) is 4.94. The van der Waals surface area contributed by atoms with E-state index in [0.29, 0.717) is 16.1 Å². The maximum absolute atomic E-state index is 6.33. The fourth-order valence-corrected chi connectivity index (χ4v) is 4.06. The van der Waals surface area contributed by atoms with Crippen molar-refractivity contribution < 1.29 is 0 Å². The summed E-state index contributed by atoms with van der Waals surface area (Å²) in [5.41, 5.74) is 7.06. The highest BCUT2D eigenvalue weighted by Gasteiger charge is 2.24. The molecule has 2 fully saturated rings. The fraction of sp³-hybridized carbons (Fsp3) is 0.647. The molecule has 0 atom stereocenters. The van der Waals surface area contributed by atoms with Gasteiger partial charge in [-0.15, -0.1) is 0 Å². The summed E-state index contributed by atoms with van der Waals surface area (Å²) in [6.45, 7) is 5.47. The van der Waals surface area contributed by atoms with Gasteiger partial charge in [-0.05, 0) is 43.7 Å². The molecule has 2 N–H and O–H groups in total. The van der Waals surface area contributed by atoms with Gasteiger partial charge in [-0.25, -0.2) is 0 Å². The van der Waals surface area contributed by atoms with Gasteiger partial charge in [0.2, 0.25) is 0 Å². The molecule has 1 aliphatic heterocycles. The molecule has 1 heterocycles. The predicted molar refractivity (Wildman–Crippen MR) is 95.0 cm³/mol. The average molecular weight is 342 g/mol. The molecule has 1 saturated heterocycles. The van der Waals surface area contributed by atoms with Crippen LogP contribution in [0.2, 0.25) is 10.0 Å².